The maximum atomic E-state index is 12.6. The molecule has 1 atom stereocenters. The lowest BCUT2D eigenvalue weighted by Crippen LogP contribution is -2.08. The predicted molar refractivity (Wildman–Crippen MR) is 76.0 cm³/mol. The summed E-state index contributed by atoms with van der Waals surface area (Å²) < 4.78 is 39.7. The Bertz CT molecular complexity index is 590. The van der Waals surface area contributed by atoms with E-state index < -0.39 is 11.7 Å². The molecular formula is C15H18F3N3. The van der Waals surface area contributed by atoms with Gasteiger partial charge in [-0.25, -0.2) is 0 Å². The Morgan fingerprint density at radius 1 is 1.29 bits per heavy atom. The van der Waals surface area contributed by atoms with Crippen molar-refractivity contribution in [3.63, 3.8) is 0 Å². The molecule has 2 rings (SSSR count). The molecule has 0 amide bonds. The zero-order valence-electron chi connectivity index (χ0n) is 12.0. The molecule has 1 heterocycles. The molecule has 3 nitrogen and oxygen atoms in total. The topological polar surface area (TPSA) is 29.9 Å². The third-order valence-corrected chi connectivity index (χ3v) is 3.37. The van der Waals surface area contributed by atoms with Gasteiger partial charge in [0.05, 0.1) is 17.8 Å². The molecular weight excluding hydrogens is 279 g/mol. The van der Waals surface area contributed by atoms with Crippen LogP contribution in [0.2, 0.25) is 0 Å². The van der Waals surface area contributed by atoms with Gasteiger partial charge in [0.2, 0.25) is 0 Å². The zero-order valence-corrected chi connectivity index (χ0v) is 12.0. The van der Waals surface area contributed by atoms with Gasteiger partial charge in [-0.1, -0.05) is 13.0 Å². The molecule has 1 N–H and O–H groups in total. The molecule has 0 fully saturated rings. The van der Waals surface area contributed by atoms with Crippen LogP contribution in [-0.4, -0.2) is 9.78 Å². The number of hydrogen-bond acceptors (Lipinski definition) is 2. The highest BCUT2D eigenvalue weighted by Gasteiger charge is 2.30. The second kappa shape index (κ2) is 6.20. The van der Waals surface area contributed by atoms with E-state index >= 15 is 0 Å². The molecule has 1 aromatic heterocycles. The fraction of sp³-hybridized carbons (Fsp3) is 0.400. The van der Waals surface area contributed by atoms with E-state index in [1.54, 1.807) is 6.07 Å². The lowest BCUT2D eigenvalue weighted by molar-refractivity contribution is -0.137. The van der Waals surface area contributed by atoms with Crippen LogP contribution in [0.4, 0.5) is 18.9 Å². The molecule has 0 spiro atoms. The van der Waals surface area contributed by atoms with Crippen LogP contribution in [0.25, 0.3) is 0 Å². The van der Waals surface area contributed by atoms with E-state index in [1.165, 1.54) is 6.07 Å². The summed E-state index contributed by atoms with van der Waals surface area (Å²) in [6.45, 7) is 4.54. The van der Waals surface area contributed by atoms with Crippen molar-refractivity contribution in [3.05, 3.63) is 47.8 Å². The van der Waals surface area contributed by atoms with Crippen molar-refractivity contribution in [1.82, 2.24) is 9.78 Å². The first-order chi connectivity index (χ1) is 9.90. The number of aromatic nitrogens is 2. The van der Waals surface area contributed by atoms with Gasteiger partial charge in [-0.15, -0.1) is 0 Å². The lowest BCUT2D eigenvalue weighted by Gasteiger charge is -2.10. The van der Waals surface area contributed by atoms with Gasteiger partial charge in [0, 0.05) is 17.9 Å². The summed E-state index contributed by atoms with van der Waals surface area (Å²) in [5, 5.41) is 7.37. The van der Waals surface area contributed by atoms with Gasteiger partial charge in [-0.05, 0) is 37.6 Å². The number of rotatable bonds is 5. The van der Waals surface area contributed by atoms with Gasteiger partial charge in [-0.3, -0.25) is 4.68 Å². The number of nitrogens with one attached hydrogen (secondary N) is 1. The van der Waals surface area contributed by atoms with Gasteiger partial charge >= 0.3 is 6.18 Å². The van der Waals surface area contributed by atoms with Gasteiger partial charge in [0.1, 0.15) is 0 Å². The molecule has 0 saturated carbocycles. The van der Waals surface area contributed by atoms with Crippen molar-refractivity contribution >= 4 is 5.69 Å². The Morgan fingerprint density at radius 2 is 2.05 bits per heavy atom. The van der Waals surface area contributed by atoms with Crippen molar-refractivity contribution < 1.29 is 13.2 Å². The largest absolute Gasteiger partial charge is 0.416 e. The standard InChI is InChI=1S/C15H18F3N3/c1-3-11(2)21-8-7-14(20-21)10-19-13-6-4-5-12(9-13)15(16,17)18/h4-9,11,19H,3,10H2,1-2H3. The predicted octanol–water partition coefficient (Wildman–Crippen LogP) is 4.49. The van der Waals surface area contributed by atoms with Crippen molar-refractivity contribution in [2.75, 3.05) is 5.32 Å². The van der Waals surface area contributed by atoms with Crippen molar-refractivity contribution in [2.24, 2.45) is 0 Å². The number of anilines is 1. The smallest absolute Gasteiger partial charge is 0.379 e. The number of benzene rings is 1. The number of hydrogen-bond donors (Lipinski definition) is 1. The highest BCUT2D eigenvalue weighted by molar-refractivity contribution is 5.46. The van der Waals surface area contributed by atoms with Crippen LogP contribution in [0.5, 0.6) is 0 Å². The molecule has 0 aliphatic heterocycles. The van der Waals surface area contributed by atoms with Crippen LogP contribution in [0.15, 0.2) is 36.5 Å². The molecule has 6 heteroatoms. The van der Waals surface area contributed by atoms with E-state index in [0.29, 0.717) is 18.3 Å². The van der Waals surface area contributed by atoms with Gasteiger partial charge in [0.15, 0.2) is 0 Å². The number of alkyl halides is 3. The minimum atomic E-state index is -4.32. The van der Waals surface area contributed by atoms with E-state index in [9.17, 15) is 13.2 Å². The average Bonchev–Trinajstić information content (AvgIpc) is 2.92. The average molecular weight is 297 g/mol. The van der Waals surface area contributed by atoms with E-state index in [0.717, 1.165) is 24.2 Å². The second-order valence-electron chi connectivity index (χ2n) is 4.98. The summed E-state index contributed by atoms with van der Waals surface area (Å²) in [6, 6.07) is 7.35. The highest BCUT2D eigenvalue weighted by Crippen LogP contribution is 2.30. The molecule has 0 radical (unpaired) electrons. The Labute approximate surface area is 121 Å². The first-order valence-corrected chi connectivity index (χ1v) is 6.85. The van der Waals surface area contributed by atoms with E-state index in [2.05, 4.69) is 24.3 Å². The first kappa shape index (κ1) is 15.4. The fourth-order valence-corrected chi connectivity index (χ4v) is 1.90. The summed E-state index contributed by atoms with van der Waals surface area (Å²) in [5.74, 6) is 0. The second-order valence-corrected chi connectivity index (χ2v) is 4.98. The lowest BCUT2D eigenvalue weighted by atomic mass is 10.2. The van der Waals surface area contributed by atoms with Gasteiger partial charge < -0.3 is 5.32 Å². The molecule has 1 aromatic carbocycles. The monoisotopic (exact) mass is 297 g/mol. The highest BCUT2D eigenvalue weighted by atomic mass is 19.4. The van der Waals surface area contributed by atoms with E-state index in [-0.39, 0.29) is 0 Å². The van der Waals surface area contributed by atoms with Crippen LogP contribution in [0, 0.1) is 0 Å². The third kappa shape index (κ3) is 4.00. The Morgan fingerprint density at radius 3 is 2.71 bits per heavy atom. The normalized spacial score (nSPS) is 13.2. The molecule has 0 aliphatic carbocycles. The van der Waals surface area contributed by atoms with Crippen LogP contribution in [-0.2, 0) is 12.7 Å². The Balaban J connectivity index is 2.01. The van der Waals surface area contributed by atoms with E-state index in [1.807, 2.05) is 16.9 Å². The van der Waals surface area contributed by atoms with Crippen molar-refractivity contribution in [2.45, 2.75) is 39.0 Å². The minimum absolute atomic E-state index is 0.312. The molecule has 0 bridgehead atoms. The van der Waals surface area contributed by atoms with Crippen molar-refractivity contribution in [3.8, 4) is 0 Å². The summed E-state index contributed by atoms with van der Waals surface area (Å²) >= 11 is 0. The molecule has 114 valence electrons. The van der Waals surface area contributed by atoms with E-state index in [4.69, 9.17) is 0 Å². The maximum Gasteiger partial charge on any atom is 0.416 e. The van der Waals surface area contributed by atoms with Crippen LogP contribution in [0.3, 0.4) is 0 Å². The Hall–Kier alpha value is -1.98. The molecule has 21 heavy (non-hydrogen) atoms. The molecule has 2 aromatic rings. The van der Waals surface area contributed by atoms with Crippen LogP contribution < -0.4 is 5.32 Å². The fourth-order valence-electron chi connectivity index (χ4n) is 1.90. The number of nitrogens with zero attached hydrogens (tertiary/aromatic N) is 2. The summed E-state index contributed by atoms with van der Waals surface area (Å²) in [6.07, 6.45) is -1.46. The Kier molecular flexibility index (Phi) is 4.55. The molecule has 0 aliphatic rings. The minimum Gasteiger partial charge on any atom is -0.379 e. The van der Waals surface area contributed by atoms with Crippen LogP contribution in [0.1, 0.15) is 37.6 Å². The SMILES string of the molecule is CCC(C)n1ccc(CNc2cccc(C(F)(F)F)c2)n1. The quantitative estimate of drug-likeness (QED) is 0.881. The number of halogens is 3. The maximum absolute atomic E-state index is 12.6. The zero-order chi connectivity index (χ0) is 15.5. The first-order valence-electron chi connectivity index (χ1n) is 6.85. The van der Waals surface area contributed by atoms with Crippen molar-refractivity contribution in [1.29, 1.82) is 0 Å². The van der Waals surface area contributed by atoms with Crippen LogP contribution >= 0.6 is 0 Å². The summed E-state index contributed by atoms with van der Waals surface area (Å²) in [4.78, 5) is 0. The summed E-state index contributed by atoms with van der Waals surface area (Å²) in [5.41, 5.74) is 0.577. The van der Waals surface area contributed by atoms with Gasteiger partial charge in [-0.2, -0.15) is 18.3 Å². The summed E-state index contributed by atoms with van der Waals surface area (Å²) in [7, 11) is 0. The third-order valence-electron chi connectivity index (χ3n) is 3.37. The van der Waals surface area contributed by atoms with Gasteiger partial charge in [0.25, 0.3) is 0 Å². The molecule has 0 saturated heterocycles. The molecule has 1 unspecified atom stereocenters.